The van der Waals surface area contributed by atoms with E-state index < -0.39 is 0 Å². The van der Waals surface area contributed by atoms with Crippen molar-refractivity contribution >= 4 is 0 Å². The molecule has 1 aliphatic carbocycles. The van der Waals surface area contributed by atoms with Gasteiger partial charge in [0.2, 0.25) is 0 Å². The molecule has 0 spiro atoms. The molecule has 2 nitrogen and oxygen atoms in total. The Kier molecular flexibility index (Phi) is 3.40. The van der Waals surface area contributed by atoms with Gasteiger partial charge in [0.15, 0.2) is 0 Å². The standard InChI is InChI=1S/C16H24N2/c1-2-9-18-10-8-15(17)16(18)14-5-3-4-13(11-14)12-6-7-12/h3-5,11-12,15-16H,2,6-10,17H2,1H3. The molecule has 2 atom stereocenters. The zero-order valence-corrected chi connectivity index (χ0v) is 11.3. The molecule has 0 radical (unpaired) electrons. The van der Waals surface area contributed by atoms with Gasteiger partial charge < -0.3 is 5.73 Å². The van der Waals surface area contributed by atoms with Crippen molar-refractivity contribution in [3.63, 3.8) is 0 Å². The van der Waals surface area contributed by atoms with Crippen LogP contribution in [0, 0.1) is 0 Å². The SMILES string of the molecule is CCCN1CCC(N)C1c1cccc(C2CC2)c1. The number of benzene rings is 1. The maximum atomic E-state index is 6.33. The highest BCUT2D eigenvalue weighted by Crippen LogP contribution is 2.41. The molecule has 0 aromatic heterocycles. The molecule has 0 amide bonds. The molecule has 3 rings (SSSR count). The number of rotatable bonds is 4. The minimum Gasteiger partial charge on any atom is -0.326 e. The molecule has 2 unspecified atom stereocenters. The fourth-order valence-electron chi connectivity index (χ4n) is 3.29. The van der Waals surface area contributed by atoms with Crippen molar-refractivity contribution in [3.8, 4) is 0 Å². The third-order valence-corrected chi connectivity index (χ3v) is 4.36. The van der Waals surface area contributed by atoms with Crippen molar-refractivity contribution in [1.82, 2.24) is 4.90 Å². The van der Waals surface area contributed by atoms with Gasteiger partial charge in [0.05, 0.1) is 0 Å². The van der Waals surface area contributed by atoms with Gasteiger partial charge >= 0.3 is 0 Å². The van der Waals surface area contributed by atoms with Crippen LogP contribution in [0.3, 0.4) is 0 Å². The van der Waals surface area contributed by atoms with Crippen molar-refractivity contribution in [2.24, 2.45) is 5.73 Å². The third-order valence-electron chi connectivity index (χ3n) is 4.36. The maximum absolute atomic E-state index is 6.33. The van der Waals surface area contributed by atoms with Gasteiger partial charge in [-0.05, 0) is 49.3 Å². The molecule has 98 valence electrons. The van der Waals surface area contributed by atoms with Crippen LogP contribution in [0.5, 0.6) is 0 Å². The lowest BCUT2D eigenvalue weighted by Crippen LogP contribution is -2.32. The summed E-state index contributed by atoms with van der Waals surface area (Å²) in [6.45, 7) is 4.58. The molecular formula is C16H24N2. The molecule has 2 heteroatoms. The number of hydrogen-bond acceptors (Lipinski definition) is 2. The normalized spacial score (nSPS) is 28.8. The van der Waals surface area contributed by atoms with Crippen LogP contribution in [0.4, 0.5) is 0 Å². The number of hydrogen-bond donors (Lipinski definition) is 1. The van der Waals surface area contributed by atoms with E-state index in [1.165, 1.54) is 36.9 Å². The molecule has 1 saturated carbocycles. The first kappa shape index (κ1) is 12.2. The quantitative estimate of drug-likeness (QED) is 0.882. The third kappa shape index (κ3) is 2.32. The monoisotopic (exact) mass is 244 g/mol. The zero-order chi connectivity index (χ0) is 12.5. The predicted molar refractivity (Wildman–Crippen MR) is 75.6 cm³/mol. The predicted octanol–water partition coefficient (Wildman–Crippen LogP) is 3.05. The van der Waals surface area contributed by atoms with Crippen LogP contribution in [-0.2, 0) is 0 Å². The topological polar surface area (TPSA) is 29.3 Å². The Morgan fingerprint density at radius 2 is 2.00 bits per heavy atom. The summed E-state index contributed by atoms with van der Waals surface area (Å²) in [5.41, 5.74) is 9.30. The lowest BCUT2D eigenvalue weighted by Gasteiger charge is -2.27. The summed E-state index contributed by atoms with van der Waals surface area (Å²) in [5.74, 6) is 0.835. The summed E-state index contributed by atoms with van der Waals surface area (Å²) in [5, 5.41) is 0. The molecular weight excluding hydrogens is 220 g/mol. The Bertz CT molecular complexity index is 409. The Balaban J connectivity index is 1.84. The van der Waals surface area contributed by atoms with Crippen molar-refractivity contribution in [2.75, 3.05) is 13.1 Å². The smallest absolute Gasteiger partial charge is 0.0499 e. The van der Waals surface area contributed by atoms with E-state index in [1.807, 2.05) is 0 Å². The maximum Gasteiger partial charge on any atom is 0.0499 e. The van der Waals surface area contributed by atoms with Crippen LogP contribution in [0.15, 0.2) is 24.3 Å². The molecule has 2 fully saturated rings. The van der Waals surface area contributed by atoms with Gasteiger partial charge in [-0.1, -0.05) is 31.2 Å². The van der Waals surface area contributed by atoms with Gasteiger partial charge in [-0.25, -0.2) is 0 Å². The van der Waals surface area contributed by atoms with Gasteiger partial charge in [-0.2, -0.15) is 0 Å². The van der Waals surface area contributed by atoms with Crippen LogP contribution < -0.4 is 5.73 Å². The van der Waals surface area contributed by atoms with Gasteiger partial charge in [-0.15, -0.1) is 0 Å². The van der Waals surface area contributed by atoms with Crippen LogP contribution >= 0.6 is 0 Å². The molecule has 1 saturated heterocycles. The molecule has 18 heavy (non-hydrogen) atoms. The van der Waals surface area contributed by atoms with Crippen LogP contribution in [0.25, 0.3) is 0 Å². The first-order valence-electron chi connectivity index (χ1n) is 7.39. The van der Waals surface area contributed by atoms with E-state index in [4.69, 9.17) is 5.73 Å². The minimum absolute atomic E-state index is 0.311. The van der Waals surface area contributed by atoms with E-state index >= 15 is 0 Å². The summed E-state index contributed by atoms with van der Waals surface area (Å²) in [4.78, 5) is 2.57. The van der Waals surface area contributed by atoms with Gasteiger partial charge in [0, 0.05) is 18.6 Å². The second-order valence-corrected chi connectivity index (χ2v) is 5.88. The zero-order valence-electron chi connectivity index (χ0n) is 11.3. The van der Waals surface area contributed by atoms with E-state index in [2.05, 4.69) is 36.1 Å². The first-order chi connectivity index (χ1) is 8.79. The average molecular weight is 244 g/mol. The van der Waals surface area contributed by atoms with Gasteiger partial charge in [0.25, 0.3) is 0 Å². The number of nitrogens with zero attached hydrogens (tertiary/aromatic N) is 1. The lowest BCUT2D eigenvalue weighted by atomic mass is 9.97. The van der Waals surface area contributed by atoms with Crippen molar-refractivity contribution in [2.45, 2.75) is 50.6 Å². The van der Waals surface area contributed by atoms with Crippen LogP contribution in [0.2, 0.25) is 0 Å². The van der Waals surface area contributed by atoms with Crippen molar-refractivity contribution < 1.29 is 0 Å². The van der Waals surface area contributed by atoms with Crippen LogP contribution in [-0.4, -0.2) is 24.0 Å². The minimum atomic E-state index is 0.311. The number of nitrogens with two attached hydrogens (primary N) is 1. The summed E-state index contributed by atoms with van der Waals surface area (Å²) in [6, 6.07) is 9.94. The highest BCUT2D eigenvalue weighted by Gasteiger charge is 2.33. The van der Waals surface area contributed by atoms with E-state index in [1.54, 1.807) is 0 Å². The Hall–Kier alpha value is -0.860. The molecule has 0 bridgehead atoms. The van der Waals surface area contributed by atoms with E-state index in [9.17, 15) is 0 Å². The number of likely N-dealkylation sites (tertiary alicyclic amines) is 1. The fraction of sp³-hybridized carbons (Fsp3) is 0.625. The van der Waals surface area contributed by atoms with E-state index in [0.717, 1.165) is 18.9 Å². The second-order valence-electron chi connectivity index (χ2n) is 5.88. The molecule has 1 aromatic rings. The Labute approximate surface area is 110 Å². The van der Waals surface area contributed by atoms with Gasteiger partial charge in [0.1, 0.15) is 0 Å². The molecule has 1 aromatic carbocycles. The summed E-state index contributed by atoms with van der Waals surface area (Å²) >= 11 is 0. The van der Waals surface area contributed by atoms with E-state index in [0.29, 0.717) is 12.1 Å². The Morgan fingerprint density at radius 1 is 1.22 bits per heavy atom. The van der Waals surface area contributed by atoms with Crippen molar-refractivity contribution in [3.05, 3.63) is 35.4 Å². The highest BCUT2D eigenvalue weighted by atomic mass is 15.2. The van der Waals surface area contributed by atoms with Gasteiger partial charge in [-0.3, -0.25) is 4.90 Å². The average Bonchev–Trinajstić information content (AvgIpc) is 3.16. The first-order valence-corrected chi connectivity index (χ1v) is 7.39. The second kappa shape index (κ2) is 5.02. The Morgan fingerprint density at radius 3 is 2.72 bits per heavy atom. The van der Waals surface area contributed by atoms with Crippen LogP contribution in [0.1, 0.15) is 55.7 Å². The fourth-order valence-corrected chi connectivity index (χ4v) is 3.29. The molecule has 1 heterocycles. The molecule has 2 N–H and O–H groups in total. The summed E-state index contributed by atoms with van der Waals surface area (Å²) in [6.07, 6.45) is 5.10. The molecule has 2 aliphatic rings. The largest absolute Gasteiger partial charge is 0.326 e. The highest BCUT2D eigenvalue weighted by molar-refractivity contribution is 5.32. The van der Waals surface area contributed by atoms with Crippen molar-refractivity contribution in [1.29, 1.82) is 0 Å². The lowest BCUT2D eigenvalue weighted by molar-refractivity contribution is 0.248. The molecule has 1 aliphatic heterocycles. The summed E-state index contributed by atoms with van der Waals surface area (Å²) < 4.78 is 0. The summed E-state index contributed by atoms with van der Waals surface area (Å²) in [7, 11) is 0. The van der Waals surface area contributed by atoms with E-state index in [-0.39, 0.29) is 0 Å².